The lowest BCUT2D eigenvalue weighted by Gasteiger charge is -2.08. The van der Waals surface area contributed by atoms with Crippen molar-refractivity contribution in [3.05, 3.63) is 11.6 Å². The summed E-state index contributed by atoms with van der Waals surface area (Å²) in [5, 5.41) is 0. The summed E-state index contributed by atoms with van der Waals surface area (Å²) in [6.45, 7) is 4.54. The Morgan fingerprint density at radius 2 is 2.44 bits per heavy atom. The summed E-state index contributed by atoms with van der Waals surface area (Å²) in [6, 6.07) is 0. The molecule has 0 N–H and O–H groups in total. The smallest absolute Gasteiger partial charge is 0.0203 e. The highest BCUT2D eigenvalue weighted by atomic mass is 14.2. The molecule has 0 aromatic carbocycles. The zero-order valence-electron chi connectivity index (χ0n) is 6.48. The van der Waals surface area contributed by atoms with Crippen molar-refractivity contribution in [1.82, 2.24) is 0 Å². The zero-order chi connectivity index (χ0) is 6.69. The summed E-state index contributed by atoms with van der Waals surface area (Å²) < 4.78 is 0. The van der Waals surface area contributed by atoms with Gasteiger partial charge in [0.15, 0.2) is 0 Å². The molecule has 1 rings (SSSR count). The summed E-state index contributed by atoms with van der Waals surface area (Å²) in [6.07, 6.45) is 7.88. The van der Waals surface area contributed by atoms with Crippen molar-refractivity contribution in [1.29, 1.82) is 0 Å². The van der Waals surface area contributed by atoms with Crippen LogP contribution in [0.1, 0.15) is 39.5 Å². The van der Waals surface area contributed by atoms with Crippen molar-refractivity contribution in [2.45, 2.75) is 39.5 Å². The van der Waals surface area contributed by atoms with E-state index in [0.29, 0.717) is 0 Å². The zero-order valence-corrected chi connectivity index (χ0v) is 6.48. The molecule has 0 amide bonds. The number of allylic oxidation sites excluding steroid dienone is 2. The average molecular weight is 124 g/mol. The van der Waals surface area contributed by atoms with Gasteiger partial charge in [0, 0.05) is 0 Å². The Hall–Kier alpha value is -0.260. The molecule has 0 aromatic heterocycles. The normalized spacial score (nSPS) is 26.4. The van der Waals surface area contributed by atoms with Crippen LogP contribution in [-0.4, -0.2) is 0 Å². The fraction of sp³-hybridized carbons (Fsp3) is 0.778. The summed E-state index contributed by atoms with van der Waals surface area (Å²) in [5.41, 5.74) is 1.64. The lowest BCUT2D eigenvalue weighted by Crippen LogP contribution is -1.94. The van der Waals surface area contributed by atoms with Crippen LogP contribution in [0.15, 0.2) is 11.6 Å². The van der Waals surface area contributed by atoms with E-state index in [1.165, 1.54) is 25.7 Å². The quantitative estimate of drug-likeness (QED) is 0.496. The van der Waals surface area contributed by atoms with Crippen molar-refractivity contribution in [2.24, 2.45) is 5.92 Å². The first-order valence-electron chi connectivity index (χ1n) is 4.01. The molecule has 1 aliphatic carbocycles. The average Bonchev–Trinajstić information content (AvgIpc) is 2.18. The molecule has 9 heavy (non-hydrogen) atoms. The molecule has 1 aliphatic rings. The standard InChI is InChI=1S/C9H16/c1-3-5-9-7-4-6-8(9)2/h6,9H,3-5,7H2,1-2H3. The molecular weight excluding hydrogens is 108 g/mol. The Kier molecular flexibility index (Phi) is 2.32. The van der Waals surface area contributed by atoms with Gasteiger partial charge in [0.1, 0.15) is 0 Å². The summed E-state index contributed by atoms with van der Waals surface area (Å²) >= 11 is 0. The van der Waals surface area contributed by atoms with Gasteiger partial charge in [-0.1, -0.05) is 25.0 Å². The van der Waals surface area contributed by atoms with Crippen LogP contribution < -0.4 is 0 Å². The second-order valence-corrected chi connectivity index (χ2v) is 3.01. The highest BCUT2D eigenvalue weighted by Crippen LogP contribution is 2.28. The molecule has 0 bridgehead atoms. The Labute approximate surface area is 58.0 Å². The lowest BCUT2D eigenvalue weighted by atomic mass is 9.98. The Bertz CT molecular complexity index is 111. The molecule has 0 saturated heterocycles. The van der Waals surface area contributed by atoms with Gasteiger partial charge in [-0.05, 0) is 32.1 Å². The Morgan fingerprint density at radius 1 is 1.67 bits per heavy atom. The third-order valence-corrected chi connectivity index (χ3v) is 2.26. The first-order valence-corrected chi connectivity index (χ1v) is 4.01. The summed E-state index contributed by atoms with van der Waals surface area (Å²) in [4.78, 5) is 0. The highest BCUT2D eigenvalue weighted by molar-refractivity contribution is 5.09. The fourth-order valence-corrected chi connectivity index (χ4v) is 1.63. The fourth-order valence-electron chi connectivity index (χ4n) is 1.63. The molecule has 1 atom stereocenters. The minimum atomic E-state index is 0.940. The van der Waals surface area contributed by atoms with Crippen LogP contribution >= 0.6 is 0 Å². The maximum absolute atomic E-state index is 2.39. The monoisotopic (exact) mass is 124 g/mol. The molecule has 0 saturated carbocycles. The first kappa shape index (κ1) is 6.85. The first-order chi connectivity index (χ1) is 4.34. The van der Waals surface area contributed by atoms with Crippen molar-refractivity contribution >= 4 is 0 Å². The Morgan fingerprint density at radius 3 is 2.89 bits per heavy atom. The molecule has 0 nitrogen and oxygen atoms in total. The number of hydrogen-bond donors (Lipinski definition) is 0. The molecule has 0 spiro atoms. The predicted molar refractivity (Wildman–Crippen MR) is 41.4 cm³/mol. The predicted octanol–water partition coefficient (Wildman–Crippen LogP) is 3.14. The van der Waals surface area contributed by atoms with E-state index in [-0.39, 0.29) is 0 Å². The third kappa shape index (κ3) is 1.57. The van der Waals surface area contributed by atoms with Gasteiger partial charge in [-0.15, -0.1) is 0 Å². The van der Waals surface area contributed by atoms with Crippen molar-refractivity contribution in [2.75, 3.05) is 0 Å². The van der Waals surface area contributed by atoms with Crippen molar-refractivity contribution in [3.8, 4) is 0 Å². The van der Waals surface area contributed by atoms with Crippen LogP contribution in [-0.2, 0) is 0 Å². The summed E-state index contributed by atoms with van der Waals surface area (Å²) in [7, 11) is 0. The minimum absolute atomic E-state index is 0.940. The third-order valence-electron chi connectivity index (χ3n) is 2.26. The maximum atomic E-state index is 2.39. The second-order valence-electron chi connectivity index (χ2n) is 3.01. The van der Waals surface area contributed by atoms with Gasteiger partial charge in [0.05, 0.1) is 0 Å². The van der Waals surface area contributed by atoms with Crippen LogP contribution in [0.5, 0.6) is 0 Å². The minimum Gasteiger partial charge on any atom is -0.0853 e. The van der Waals surface area contributed by atoms with E-state index in [4.69, 9.17) is 0 Å². The highest BCUT2D eigenvalue weighted by Gasteiger charge is 2.13. The van der Waals surface area contributed by atoms with E-state index in [9.17, 15) is 0 Å². The van der Waals surface area contributed by atoms with Crippen LogP contribution in [0.4, 0.5) is 0 Å². The van der Waals surface area contributed by atoms with E-state index in [1.54, 1.807) is 5.57 Å². The van der Waals surface area contributed by atoms with E-state index in [2.05, 4.69) is 19.9 Å². The van der Waals surface area contributed by atoms with Crippen molar-refractivity contribution < 1.29 is 0 Å². The maximum Gasteiger partial charge on any atom is -0.0203 e. The van der Waals surface area contributed by atoms with Gasteiger partial charge < -0.3 is 0 Å². The van der Waals surface area contributed by atoms with Crippen LogP contribution in [0.25, 0.3) is 0 Å². The molecule has 0 heteroatoms. The molecule has 0 aliphatic heterocycles. The van der Waals surface area contributed by atoms with E-state index < -0.39 is 0 Å². The SMILES string of the molecule is CCCC1CCC=C1C. The molecule has 0 radical (unpaired) electrons. The van der Waals surface area contributed by atoms with Gasteiger partial charge in [0.2, 0.25) is 0 Å². The van der Waals surface area contributed by atoms with Crippen LogP contribution in [0.2, 0.25) is 0 Å². The number of hydrogen-bond acceptors (Lipinski definition) is 0. The van der Waals surface area contributed by atoms with Crippen LogP contribution in [0, 0.1) is 5.92 Å². The summed E-state index contributed by atoms with van der Waals surface area (Å²) in [5.74, 6) is 0.940. The van der Waals surface area contributed by atoms with Crippen LogP contribution in [0.3, 0.4) is 0 Å². The molecular formula is C9H16. The van der Waals surface area contributed by atoms with Gasteiger partial charge >= 0.3 is 0 Å². The Balaban J connectivity index is 2.34. The lowest BCUT2D eigenvalue weighted by molar-refractivity contribution is 0.546. The molecule has 0 heterocycles. The van der Waals surface area contributed by atoms with Gasteiger partial charge in [-0.3, -0.25) is 0 Å². The van der Waals surface area contributed by atoms with Crippen molar-refractivity contribution in [3.63, 3.8) is 0 Å². The molecule has 52 valence electrons. The largest absolute Gasteiger partial charge is 0.0853 e. The number of rotatable bonds is 2. The second kappa shape index (κ2) is 3.05. The van der Waals surface area contributed by atoms with Gasteiger partial charge in [-0.2, -0.15) is 0 Å². The van der Waals surface area contributed by atoms with E-state index >= 15 is 0 Å². The molecule has 0 fully saturated rings. The van der Waals surface area contributed by atoms with E-state index in [0.717, 1.165) is 5.92 Å². The van der Waals surface area contributed by atoms with Gasteiger partial charge in [-0.25, -0.2) is 0 Å². The van der Waals surface area contributed by atoms with Gasteiger partial charge in [0.25, 0.3) is 0 Å². The molecule has 1 unspecified atom stereocenters. The molecule has 0 aromatic rings. The van der Waals surface area contributed by atoms with E-state index in [1.807, 2.05) is 0 Å². The topological polar surface area (TPSA) is 0 Å².